The third-order valence-electron chi connectivity index (χ3n) is 3.44. The molecule has 3 nitrogen and oxygen atoms in total. The first-order valence-electron chi connectivity index (χ1n) is 5.99. The highest BCUT2D eigenvalue weighted by Gasteiger charge is 2.33. The molecule has 0 saturated carbocycles. The Hall–Kier alpha value is -1.13. The first-order chi connectivity index (χ1) is 8.54. The summed E-state index contributed by atoms with van der Waals surface area (Å²) in [6, 6.07) is 4.41. The van der Waals surface area contributed by atoms with Crippen molar-refractivity contribution in [3.63, 3.8) is 0 Å². The van der Waals surface area contributed by atoms with E-state index in [0.29, 0.717) is 19.0 Å². The van der Waals surface area contributed by atoms with E-state index in [9.17, 15) is 9.18 Å². The highest BCUT2D eigenvalue weighted by Crippen LogP contribution is 2.27. The average Bonchev–Trinajstić information content (AvgIpc) is 2.73. The number of hydrogen-bond donors (Lipinski definition) is 1. The summed E-state index contributed by atoms with van der Waals surface area (Å²) in [6.07, 6.45) is 0.884. The Kier molecular flexibility index (Phi) is 3.88. The number of rotatable bonds is 2. The van der Waals surface area contributed by atoms with E-state index in [1.807, 2.05) is 6.92 Å². The van der Waals surface area contributed by atoms with Gasteiger partial charge in [-0.1, -0.05) is 17.7 Å². The summed E-state index contributed by atoms with van der Waals surface area (Å²) in [5.74, 6) is -0.469. The summed E-state index contributed by atoms with van der Waals surface area (Å²) in [5.41, 5.74) is 5.85. The fourth-order valence-electron chi connectivity index (χ4n) is 2.42. The Morgan fingerprint density at radius 3 is 2.94 bits per heavy atom. The molecule has 2 rings (SSSR count). The van der Waals surface area contributed by atoms with E-state index in [2.05, 4.69) is 0 Å². The van der Waals surface area contributed by atoms with Crippen LogP contribution in [0.1, 0.15) is 23.7 Å². The molecule has 1 amide bonds. The molecule has 0 aliphatic carbocycles. The molecule has 98 valence electrons. The molecule has 1 aromatic carbocycles. The topological polar surface area (TPSA) is 46.3 Å². The van der Waals surface area contributed by atoms with Crippen LogP contribution in [0.25, 0.3) is 0 Å². The van der Waals surface area contributed by atoms with Crippen molar-refractivity contribution in [1.82, 2.24) is 4.90 Å². The molecule has 5 heteroatoms. The predicted molar refractivity (Wildman–Crippen MR) is 69.1 cm³/mol. The molecule has 18 heavy (non-hydrogen) atoms. The molecule has 1 aliphatic rings. The van der Waals surface area contributed by atoms with Crippen LogP contribution in [0.3, 0.4) is 0 Å². The van der Waals surface area contributed by atoms with Gasteiger partial charge in [0, 0.05) is 12.6 Å². The maximum absolute atomic E-state index is 13.3. The highest BCUT2D eigenvalue weighted by molar-refractivity contribution is 6.34. The number of carbonyl (C=O) groups excluding carboxylic acids is 1. The van der Waals surface area contributed by atoms with Gasteiger partial charge in [-0.15, -0.1) is 0 Å². The van der Waals surface area contributed by atoms with Crippen molar-refractivity contribution in [3.05, 3.63) is 34.6 Å². The Balaban J connectivity index is 2.24. The molecular weight excluding hydrogens is 255 g/mol. The van der Waals surface area contributed by atoms with Gasteiger partial charge in [0.15, 0.2) is 0 Å². The molecule has 0 spiro atoms. The summed E-state index contributed by atoms with van der Waals surface area (Å²) in [4.78, 5) is 14.0. The molecule has 1 saturated heterocycles. The lowest BCUT2D eigenvalue weighted by Crippen LogP contribution is -2.34. The van der Waals surface area contributed by atoms with Crippen LogP contribution in [0.2, 0.25) is 5.02 Å². The van der Waals surface area contributed by atoms with Gasteiger partial charge in [0.1, 0.15) is 5.82 Å². The normalized spacial score (nSPS) is 23.4. The van der Waals surface area contributed by atoms with E-state index in [1.54, 1.807) is 11.0 Å². The minimum atomic E-state index is -0.565. The third kappa shape index (κ3) is 2.35. The molecule has 1 aliphatic heterocycles. The summed E-state index contributed by atoms with van der Waals surface area (Å²) < 4.78 is 13.3. The molecule has 1 fully saturated rings. The number of amides is 1. The first kappa shape index (κ1) is 13.3. The van der Waals surface area contributed by atoms with Crippen molar-refractivity contribution in [1.29, 1.82) is 0 Å². The Labute approximate surface area is 111 Å². The standard InChI is InChI=1S/C13H16ClFN2O/c1-8-5-9(6-16)7-17(8)13(18)10-3-2-4-11(15)12(10)14/h2-4,8-9H,5-7,16H2,1H3. The van der Waals surface area contributed by atoms with Crippen LogP contribution in [0, 0.1) is 11.7 Å². The van der Waals surface area contributed by atoms with Gasteiger partial charge in [-0.2, -0.15) is 0 Å². The van der Waals surface area contributed by atoms with Crippen molar-refractivity contribution in [2.75, 3.05) is 13.1 Å². The maximum Gasteiger partial charge on any atom is 0.255 e. The van der Waals surface area contributed by atoms with Gasteiger partial charge in [-0.3, -0.25) is 4.79 Å². The molecule has 0 bridgehead atoms. The SMILES string of the molecule is CC1CC(CN)CN1C(=O)c1cccc(F)c1Cl. The lowest BCUT2D eigenvalue weighted by Gasteiger charge is -2.22. The van der Waals surface area contributed by atoms with E-state index >= 15 is 0 Å². The van der Waals surface area contributed by atoms with Crippen molar-refractivity contribution in [2.45, 2.75) is 19.4 Å². The molecule has 0 radical (unpaired) electrons. The summed E-state index contributed by atoms with van der Waals surface area (Å²) in [6.45, 7) is 3.15. The lowest BCUT2D eigenvalue weighted by molar-refractivity contribution is 0.0743. The van der Waals surface area contributed by atoms with E-state index in [0.717, 1.165) is 6.42 Å². The number of carbonyl (C=O) groups is 1. The highest BCUT2D eigenvalue weighted by atomic mass is 35.5. The quantitative estimate of drug-likeness (QED) is 0.896. The molecule has 2 unspecified atom stereocenters. The van der Waals surface area contributed by atoms with Crippen molar-refractivity contribution in [3.8, 4) is 0 Å². The predicted octanol–water partition coefficient (Wildman–Crippen LogP) is 2.29. The smallest absolute Gasteiger partial charge is 0.255 e. The van der Waals surface area contributed by atoms with Crippen LogP contribution >= 0.6 is 11.6 Å². The number of hydrogen-bond acceptors (Lipinski definition) is 2. The van der Waals surface area contributed by atoms with Crippen molar-refractivity contribution in [2.24, 2.45) is 11.7 Å². The number of nitrogens with zero attached hydrogens (tertiary/aromatic N) is 1. The van der Waals surface area contributed by atoms with Crippen LogP contribution in [0.15, 0.2) is 18.2 Å². The average molecular weight is 271 g/mol. The third-order valence-corrected chi connectivity index (χ3v) is 3.82. The second-order valence-corrected chi connectivity index (χ2v) is 5.12. The zero-order valence-corrected chi connectivity index (χ0v) is 11.0. The van der Waals surface area contributed by atoms with Crippen molar-refractivity contribution >= 4 is 17.5 Å². The van der Waals surface area contributed by atoms with E-state index in [-0.39, 0.29) is 22.5 Å². The van der Waals surface area contributed by atoms with Crippen LogP contribution in [0.4, 0.5) is 4.39 Å². The van der Waals surface area contributed by atoms with Gasteiger partial charge in [-0.05, 0) is 37.9 Å². The van der Waals surface area contributed by atoms with Gasteiger partial charge in [0.05, 0.1) is 10.6 Å². The second kappa shape index (κ2) is 5.24. The number of nitrogens with two attached hydrogens (primary N) is 1. The van der Waals surface area contributed by atoms with E-state index in [4.69, 9.17) is 17.3 Å². The summed E-state index contributed by atoms with van der Waals surface area (Å²) in [7, 11) is 0. The fraction of sp³-hybridized carbons (Fsp3) is 0.462. The van der Waals surface area contributed by atoms with E-state index < -0.39 is 5.82 Å². The molecule has 1 aromatic rings. The number of benzene rings is 1. The monoisotopic (exact) mass is 270 g/mol. The fourth-order valence-corrected chi connectivity index (χ4v) is 2.63. The van der Waals surface area contributed by atoms with Crippen LogP contribution < -0.4 is 5.73 Å². The number of halogens is 2. The van der Waals surface area contributed by atoms with E-state index in [1.165, 1.54) is 12.1 Å². The van der Waals surface area contributed by atoms with Gasteiger partial charge in [0.2, 0.25) is 0 Å². The Morgan fingerprint density at radius 1 is 1.61 bits per heavy atom. The van der Waals surface area contributed by atoms with Crippen LogP contribution in [0.5, 0.6) is 0 Å². The minimum absolute atomic E-state index is 0.106. The molecule has 0 aromatic heterocycles. The van der Waals surface area contributed by atoms with Crippen LogP contribution in [-0.4, -0.2) is 29.9 Å². The zero-order chi connectivity index (χ0) is 13.3. The Morgan fingerprint density at radius 2 is 2.33 bits per heavy atom. The zero-order valence-electron chi connectivity index (χ0n) is 10.2. The second-order valence-electron chi connectivity index (χ2n) is 4.75. The van der Waals surface area contributed by atoms with Crippen LogP contribution in [-0.2, 0) is 0 Å². The van der Waals surface area contributed by atoms with Gasteiger partial charge >= 0.3 is 0 Å². The molecular formula is C13H16ClFN2O. The van der Waals surface area contributed by atoms with Crippen molar-refractivity contribution < 1.29 is 9.18 Å². The largest absolute Gasteiger partial charge is 0.336 e. The van der Waals surface area contributed by atoms with Gasteiger partial charge in [-0.25, -0.2) is 4.39 Å². The summed E-state index contributed by atoms with van der Waals surface area (Å²) in [5, 5.41) is -0.106. The molecule has 2 atom stereocenters. The van der Waals surface area contributed by atoms with Gasteiger partial charge in [0.25, 0.3) is 5.91 Å². The minimum Gasteiger partial charge on any atom is -0.336 e. The molecule has 2 N–H and O–H groups in total. The maximum atomic E-state index is 13.3. The first-order valence-corrected chi connectivity index (χ1v) is 6.37. The Bertz CT molecular complexity index is 466. The van der Waals surface area contributed by atoms with Gasteiger partial charge < -0.3 is 10.6 Å². The summed E-state index contributed by atoms with van der Waals surface area (Å²) >= 11 is 5.84. The molecule has 1 heterocycles. The number of likely N-dealkylation sites (tertiary alicyclic amines) is 1. The lowest BCUT2D eigenvalue weighted by atomic mass is 10.1.